The summed E-state index contributed by atoms with van der Waals surface area (Å²) < 4.78 is 13.2. The number of carbonyl (C=O) groups is 1. The molecule has 2 amide bonds. The Hall–Kier alpha value is -2.15. The molecule has 1 heterocycles. The maximum atomic E-state index is 12.0. The monoisotopic (exact) mass is 334 g/mol. The second-order valence-electron chi connectivity index (χ2n) is 5.31. The van der Waals surface area contributed by atoms with Crippen LogP contribution in [0.15, 0.2) is 36.7 Å². The number of anilines is 1. The van der Waals surface area contributed by atoms with Crippen LogP contribution < -0.4 is 10.6 Å². The molecule has 0 radical (unpaired) electrons. The van der Waals surface area contributed by atoms with Crippen LogP contribution in [0.25, 0.3) is 0 Å². The predicted molar refractivity (Wildman–Crippen MR) is 92.8 cm³/mol. The number of hydrogen-bond acceptors (Lipinski definition) is 3. The first-order valence-corrected chi connectivity index (χ1v) is 9.20. The van der Waals surface area contributed by atoms with Crippen LogP contribution in [0, 0.1) is 6.92 Å². The van der Waals surface area contributed by atoms with Gasteiger partial charge in [-0.3, -0.25) is 8.89 Å². The van der Waals surface area contributed by atoms with Gasteiger partial charge in [0.15, 0.2) is 0 Å². The van der Waals surface area contributed by atoms with Crippen LogP contribution in [0.2, 0.25) is 0 Å². The Labute approximate surface area is 138 Å². The number of nitrogens with one attached hydrogen (secondary N) is 2. The van der Waals surface area contributed by atoms with Gasteiger partial charge in [-0.25, -0.2) is 4.79 Å². The van der Waals surface area contributed by atoms with Crippen molar-refractivity contribution in [3.63, 3.8) is 0 Å². The Morgan fingerprint density at radius 3 is 2.87 bits per heavy atom. The van der Waals surface area contributed by atoms with Crippen LogP contribution in [-0.2, 0) is 23.1 Å². The fourth-order valence-corrected chi connectivity index (χ4v) is 2.99. The molecule has 124 valence electrons. The van der Waals surface area contributed by atoms with Crippen molar-refractivity contribution < 1.29 is 9.00 Å². The highest BCUT2D eigenvalue weighted by Crippen LogP contribution is 2.19. The molecule has 2 N–H and O–H groups in total. The van der Waals surface area contributed by atoms with E-state index in [1.165, 1.54) is 0 Å². The van der Waals surface area contributed by atoms with Crippen LogP contribution >= 0.6 is 0 Å². The Kier molecular flexibility index (Phi) is 6.34. The number of rotatable bonds is 7. The first-order valence-electron chi connectivity index (χ1n) is 7.47. The third-order valence-corrected chi connectivity index (χ3v) is 4.18. The van der Waals surface area contributed by atoms with Crippen LogP contribution in [-0.4, -0.2) is 32.8 Å². The third-order valence-electron chi connectivity index (χ3n) is 3.46. The SMILES string of the molecule is Cc1c(C[S@@](C)=O)cccc1NC(=O)NCCCn1cccn1. The number of aryl methyl sites for hydroxylation is 1. The van der Waals surface area contributed by atoms with Gasteiger partial charge in [-0.1, -0.05) is 12.1 Å². The first kappa shape index (κ1) is 17.2. The van der Waals surface area contributed by atoms with Gasteiger partial charge in [0.1, 0.15) is 0 Å². The van der Waals surface area contributed by atoms with E-state index in [9.17, 15) is 9.00 Å². The van der Waals surface area contributed by atoms with Gasteiger partial charge in [-0.2, -0.15) is 5.10 Å². The molecule has 7 heteroatoms. The molecule has 23 heavy (non-hydrogen) atoms. The lowest BCUT2D eigenvalue weighted by Crippen LogP contribution is -2.30. The number of urea groups is 1. The van der Waals surface area contributed by atoms with Gasteiger partial charge < -0.3 is 10.6 Å². The molecule has 0 bridgehead atoms. The molecular weight excluding hydrogens is 312 g/mol. The zero-order valence-electron chi connectivity index (χ0n) is 13.4. The minimum Gasteiger partial charge on any atom is -0.338 e. The molecule has 1 aromatic heterocycles. The number of amides is 2. The molecule has 0 saturated carbocycles. The smallest absolute Gasteiger partial charge is 0.319 e. The summed E-state index contributed by atoms with van der Waals surface area (Å²) in [6.45, 7) is 3.27. The lowest BCUT2D eigenvalue weighted by molar-refractivity contribution is 0.251. The highest BCUT2D eigenvalue weighted by Gasteiger charge is 2.08. The summed E-state index contributed by atoms with van der Waals surface area (Å²) in [7, 11) is -0.905. The Balaban J connectivity index is 1.81. The number of carbonyl (C=O) groups excluding carboxylic acids is 1. The molecule has 0 aliphatic heterocycles. The van der Waals surface area contributed by atoms with Crippen molar-refractivity contribution in [3.05, 3.63) is 47.8 Å². The van der Waals surface area contributed by atoms with Crippen molar-refractivity contribution >= 4 is 22.5 Å². The van der Waals surface area contributed by atoms with Crippen molar-refractivity contribution in [2.24, 2.45) is 0 Å². The molecule has 0 aliphatic carbocycles. The highest BCUT2D eigenvalue weighted by molar-refractivity contribution is 7.83. The van der Waals surface area contributed by atoms with E-state index in [0.717, 1.165) is 29.8 Å². The van der Waals surface area contributed by atoms with E-state index in [1.54, 1.807) is 12.5 Å². The molecule has 2 rings (SSSR count). The second kappa shape index (κ2) is 8.47. The molecule has 6 nitrogen and oxygen atoms in total. The normalized spacial score (nSPS) is 11.9. The number of aromatic nitrogens is 2. The molecule has 1 aromatic carbocycles. The largest absolute Gasteiger partial charge is 0.338 e. The van der Waals surface area contributed by atoms with E-state index in [0.29, 0.717) is 12.3 Å². The zero-order valence-corrected chi connectivity index (χ0v) is 14.2. The predicted octanol–water partition coefficient (Wildman–Crippen LogP) is 2.28. The lowest BCUT2D eigenvalue weighted by Gasteiger charge is -2.12. The molecule has 0 fully saturated rings. The number of hydrogen-bond donors (Lipinski definition) is 2. The molecule has 1 atom stereocenters. The van der Waals surface area contributed by atoms with Gasteiger partial charge in [0.2, 0.25) is 0 Å². The Morgan fingerprint density at radius 1 is 1.35 bits per heavy atom. The molecule has 2 aromatic rings. The van der Waals surface area contributed by atoms with Gasteiger partial charge in [0.05, 0.1) is 0 Å². The highest BCUT2D eigenvalue weighted by atomic mass is 32.2. The molecular formula is C16H22N4O2S. The molecule has 0 saturated heterocycles. The quantitative estimate of drug-likeness (QED) is 0.763. The van der Waals surface area contributed by atoms with Gasteiger partial charge in [-0.15, -0.1) is 0 Å². The topological polar surface area (TPSA) is 76.0 Å². The van der Waals surface area contributed by atoms with E-state index >= 15 is 0 Å². The van der Waals surface area contributed by atoms with Crippen LogP contribution in [0.5, 0.6) is 0 Å². The van der Waals surface area contributed by atoms with Crippen molar-refractivity contribution in [3.8, 4) is 0 Å². The fraction of sp³-hybridized carbons (Fsp3) is 0.375. The molecule has 0 unspecified atom stereocenters. The van der Waals surface area contributed by atoms with Gasteiger partial charge in [-0.05, 0) is 36.6 Å². The number of benzene rings is 1. The average molecular weight is 334 g/mol. The van der Waals surface area contributed by atoms with Crippen LogP contribution in [0.4, 0.5) is 10.5 Å². The van der Waals surface area contributed by atoms with E-state index in [1.807, 2.05) is 42.1 Å². The van der Waals surface area contributed by atoms with Crippen LogP contribution in [0.1, 0.15) is 17.5 Å². The summed E-state index contributed by atoms with van der Waals surface area (Å²) >= 11 is 0. The minimum absolute atomic E-state index is 0.233. The van der Waals surface area contributed by atoms with Crippen LogP contribution in [0.3, 0.4) is 0 Å². The number of nitrogens with zero attached hydrogens (tertiary/aromatic N) is 2. The Bertz CT molecular complexity index is 671. The first-order chi connectivity index (χ1) is 11.1. The summed E-state index contributed by atoms with van der Waals surface area (Å²) in [6.07, 6.45) is 6.11. The summed E-state index contributed by atoms with van der Waals surface area (Å²) in [5, 5.41) is 9.78. The Morgan fingerprint density at radius 2 is 2.17 bits per heavy atom. The maximum Gasteiger partial charge on any atom is 0.319 e. The van der Waals surface area contributed by atoms with Crippen molar-refractivity contribution in [2.45, 2.75) is 25.6 Å². The van der Waals surface area contributed by atoms with Crippen molar-refractivity contribution in [1.82, 2.24) is 15.1 Å². The zero-order chi connectivity index (χ0) is 16.7. The fourth-order valence-electron chi connectivity index (χ4n) is 2.24. The summed E-state index contributed by atoms with van der Waals surface area (Å²) in [6, 6.07) is 7.29. The van der Waals surface area contributed by atoms with E-state index in [-0.39, 0.29) is 6.03 Å². The summed E-state index contributed by atoms with van der Waals surface area (Å²) in [4.78, 5) is 12.0. The van der Waals surface area contributed by atoms with Crippen molar-refractivity contribution in [2.75, 3.05) is 18.1 Å². The molecule has 0 aliphatic rings. The van der Waals surface area contributed by atoms with Crippen molar-refractivity contribution in [1.29, 1.82) is 0 Å². The maximum absolute atomic E-state index is 12.0. The average Bonchev–Trinajstić information content (AvgIpc) is 3.01. The van der Waals surface area contributed by atoms with Gasteiger partial charge >= 0.3 is 6.03 Å². The summed E-state index contributed by atoms with van der Waals surface area (Å²) in [5.74, 6) is 0.493. The summed E-state index contributed by atoms with van der Waals surface area (Å²) in [5.41, 5.74) is 2.69. The van der Waals surface area contributed by atoms with E-state index < -0.39 is 10.8 Å². The molecule has 0 spiro atoms. The van der Waals surface area contributed by atoms with E-state index in [2.05, 4.69) is 15.7 Å². The third kappa shape index (κ3) is 5.52. The second-order valence-corrected chi connectivity index (χ2v) is 6.75. The standard InChI is InChI=1S/C16H22N4O2S/c1-13-14(12-23(2)22)6-3-7-15(13)19-16(21)17-8-4-10-20-11-5-9-18-20/h3,5-7,9,11H,4,8,10,12H2,1-2H3,(H2,17,19,21)/t23-/m1/s1. The minimum atomic E-state index is -0.905. The lowest BCUT2D eigenvalue weighted by atomic mass is 10.1. The van der Waals surface area contributed by atoms with Gasteiger partial charge in [0, 0.05) is 54.0 Å². The van der Waals surface area contributed by atoms with E-state index in [4.69, 9.17) is 0 Å². The van der Waals surface area contributed by atoms with Gasteiger partial charge in [0.25, 0.3) is 0 Å².